The average molecular weight is 350 g/mol. The van der Waals surface area contributed by atoms with Gasteiger partial charge in [0.15, 0.2) is 0 Å². The fraction of sp³-hybridized carbons (Fsp3) is 0.364. The van der Waals surface area contributed by atoms with E-state index in [-0.39, 0.29) is 23.8 Å². The van der Waals surface area contributed by atoms with Crippen LogP contribution < -0.4 is 5.32 Å². The minimum absolute atomic E-state index is 0.0126. The standard InChI is InChI=1S/C22H26N2O2/c1-3-20(18-11-9-16(2)10-12-18)23-22(26)19-13-21(25)24(15-19)14-17-7-5-4-6-8-17/h4-12,19-20H,3,13-15H2,1-2H3,(H,23,26). The monoisotopic (exact) mass is 350 g/mol. The van der Waals surface area contributed by atoms with E-state index in [1.54, 1.807) is 4.90 Å². The number of benzene rings is 2. The molecule has 26 heavy (non-hydrogen) atoms. The van der Waals surface area contributed by atoms with Crippen LogP contribution in [0.5, 0.6) is 0 Å². The smallest absolute Gasteiger partial charge is 0.225 e. The lowest BCUT2D eigenvalue weighted by atomic mass is 10.0. The third-order valence-corrected chi connectivity index (χ3v) is 5.01. The highest BCUT2D eigenvalue weighted by Gasteiger charge is 2.34. The molecule has 4 heteroatoms. The Kier molecular flexibility index (Phi) is 5.71. The van der Waals surface area contributed by atoms with Gasteiger partial charge in [-0.3, -0.25) is 9.59 Å². The van der Waals surface area contributed by atoms with Crippen LogP contribution in [0.2, 0.25) is 0 Å². The van der Waals surface area contributed by atoms with Crippen molar-refractivity contribution in [1.29, 1.82) is 0 Å². The third kappa shape index (κ3) is 4.31. The summed E-state index contributed by atoms with van der Waals surface area (Å²) < 4.78 is 0. The molecule has 1 aliphatic heterocycles. The zero-order valence-electron chi connectivity index (χ0n) is 15.4. The number of nitrogens with one attached hydrogen (secondary N) is 1. The van der Waals surface area contributed by atoms with Gasteiger partial charge in [-0.2, -0.15) is 0 Å². The average Bonchev–Trinajstić information content (AvgIpc) is 3.02. The molecule has 1 N–H and O–H groups in total. The summed E-state index contributed by atoms with van der Waals surface area (Å²) in [6.07, 6.45) is 1.12. The Hall–Kier alpha value is -2.62. The van der Waals surface area contributed by atoms with Crippen LogP contribution in [0, 0.1) is 12.8 Å². The van der Waals surface area contributed by atoms with Gasteiger partial charge in [0.05, 0.1) is 12.0 Å². The predicted octanol–water partition coefficient (Wildman–Crippen LogP) is 3.61. The van der Waals surface area contributed by atoms with Crippen LogP contribution >= 0.6 is 0 Å². The quantitative estimate of drug-likeness (QED) is 0.865. The van der Waals surface area contributed by atoms with Crippen LogP contribution in [-0.4, -0.2) is 23.3 Å². The Morgan fingerprint density at radius 3 is 2.50 bits per heavy atom. The number of likely N-dealkylation sites (tertiary alicyclic amines) is 1. The summed E-state index contributed by atoms with van der Waals surface area (Å²) in [5, 5.41) is 3.13. The van der Waals surface area contributed by atoms with E-state index in [2.05, 4.69) is 43.4 Å². The molecule has 4 nitrogen and oxygen atoms in total. The highest BCUT2D eigenvalue weighted by Crippen LogP contribution is 2.23. The zero-order chi connectivity index (χ0) is 18.5. The van der Waals surface area contributed by atoms with Gasteiger partial charge in [0.2, 0.25) is 11.8 Å². The first-order valence-corrected chi connectivity index (χ1v) is 9.25. The van der Waals surface area contributed by atoms with E-state index in [1.165, 1.54) is 5.56 Å². The van der Waals surface area contributed by atoms with Crippen LogP contribution in [0.15, 0.2) is 54.6 Å². The molecule has 1 aliphatic rings. The van der Waals surface area contributed by atoms with E-state index in [4.69, 9.17) is 0 Å². The molecule has 2 amide bonds. The molecule has 0 aliphatic carbocycles. The van der Waals surface area contributed by atoms with Crippen LogP contribution in [0.4, 0.5) is 0 Å². The zero-order valence-corrected chi connectivity index (χ0v) is 15.4. The molecule has 2 aromatic carbocycles. The fourth-order valence-corrected chi connectivity index (χ4v) is 3.41. The number of amides is 2. The molecule has 0 radical (unpaired) electrons. The molecule has 2 atom stereocenters. The Morgan fingerprint density at radius 1 is 1.15 bits per heavy atom. The number of rotatable bonds is 6. The molecule has 1 heterocycles. The maximum absolute atomic E-state index is 12.7. The fourth-order valence-electron chi connectivity index (χ4n) is 3.41. The van der Waals surface area contributed by atoms with E-state index in [0.29, 0.717) is 19.5 Å². The number of carbonyl (C=O) groups excluding carboxylic acids is 2. The lowest BCUT2D eigenvalue weighted by Crippen LogP contribution is -2.35. The predicted molar refractivity (Wildman–Crippen MR) is 102 cm³/mol. The first kappa shape index (κ1) is 18.2. The Balaban J connectivity index is 1.61. The van der Waals surface area contributed by atoms with Crippen molar-refractivity contribution >= 4 is 11.8 Å². The van der Waals surface area contributed by atoms with Crippen molar-refractivity contribution in [3.8, 4) is 0 Å². The second kappa shape index (κ2) is 8.17. The van der Waals surface area contributed by atoms with Crippen LogP contribution in [0.1, 0.15) is 42.5 Å². The topological polar surface area (TPSA) is 49.4 Å². The highest BCUT2D eigenvalue weighted by molar-refractivity contribution is 5.89. The van der Waals surface area contributed by atoms with Gasteiger partial charge in [-0.25, -0.2) is 0 Å². The van der Waals surface area contributed by atoms with Crippen LogP contribution in [0.3, 0.4) is 0 Å². The van der Waals surface area contributed by atoms with Gasteiger partial charge in [0.1, 0.15) is 0 Å². The number of hydrogen-bond donors (Lipinski definition) is 1. The summed E-state index contributed by atoms with van der Waals surface area (Å²) >= 11 is 0. The minimum atomic E-state index is -0.272. The summed E-state index contributed by atoms with van der Waals surface area (Å²) in [5.41, 5.74) is 3.40. The van der Waals surface area contributed by atoms with E-state index < -0.39 is 0 Å². The lowest BCUT2D eigenvalue weighted by molar-refractivity contribution is -0.129. The van der Waals surface area contributed by atoms with Crippen molar-refractivity contribution in [3.63, 3.8) is 0 Å². The van der Waals surface area contributed by atoms with Gasteiger partial charge < -0.3 is 10.2 Å². The number of hydrogen-bond acceptors (Lipinski definition) is 2. The first-order chi connectivity index (χ1) is 12.6. The number of carbonyl (C=O) groups is 2. The van der Waals surface area contributed by atoms with Gasteiger partial charge in [-0.1, -0.05) is 67.1 Å². The van der Waals surface area contributed by atoms with E-state index in [1.807, 2.05) is 30.3 Å². The molecule has 136 valence electrons. The molecule has 0 aromatic heterocycles. The molecule has 3 rings (SSSR count). The molecule has 1 saturated heterocycles. The minimum Gasteiger partial charge on any atom is -0.349 e. The van der Waals surface area contributed by atoms with E-state index in [0.717, 1.165) is 17.5 Å². The molecule has 0 spiro atoms. The van der Waals surface area contributed by atoms with Gasteiger partial charge in [-0.15, -0.1) is 0 Å². The summed E-state index contributed by atoms with van der Waals surface area (Å²) in [7, 11) is 0. The Bertz CT molecular complexity index is 755. The maximum atomic E-state index is 12.7. The molecular weight excluding hydrogens is 324 g/mol. The highest BCUT2D eigenvalue weighted by atomic mass is 16.2. The van der Waals surface area contributed by atoms with Crippen molar-refractivity contribution in [2.75, 3.05) is 6.54 Å². The van der Waals surface area contributed by atoms with Crippen molar-refractivity contribution < 1.29 is 9.59 Å². The first-order valence-electron chi connectivity index (χ1n) is 9.25. The second-order valence-corrected chi connectivity index (χ2v) is 7.04. The summed E-state index contributed by atoms with van der Waals surface area (Å²) in [6.45, 7) is 5.17. The maximum Gasteiger partial charge on any atom is 0.225 e. The van der Waals surface area contributed by atoms with Gasteiger partial charge in [0, 0.05) is 19.5 Å². The number of aryl methyl sites for hydroxylation is 1. The molecule has 0 bridgehead atoms. The van der Waals surface area contributed by atoms with Gasteiger partial charge in [-0.05, 0) is 24.5 Å². The Labute approximate surface area is 155 Å². The van der Waals surface area contributed by atoms with Gasteiger partial charge in [0.25, 0.3) is 0 Å². The molecule has 2 aromatic rings. The third-order valence-electron chi connectivity index (χ3n) is 5.01. The van der Waals surface area contributed by atoms with Crippen LogP contribution in [-0.2, 0) is 16.1 Å². The van der Waals surface area contributed by atoms with Crippen molar-refractivity contribution in [1.82, 2.24) is 10.2 Å². The molecule has 1 fully saturated rings. The summed E-state index contributed by atoms with van der Waals surface area (Å²) in [5.74, 6) is -0.246. The van der Waals surface area contributed by atoms with Crippen LogP contribution in [0.25, 0.3) is 0 Å². The Morgan fingerprint density at radius 2 is 1.85 bits per heavy atom. The van der Waals surface area contributed by atoms with Crippen molar-refractivity contribution in [2.45, 2.75) is 39.3 Å². The molecule has 0 saturated carbocycles. The molecule has 2 unspecified atom stereocenters. The second-order valence-electron chi connectivity index (χ2n) is 7.04. The molecular formula is C22H26N2O2. The lowest BCUT2D eigenvalue weighted by Gasteiger charge is -2.20. The van der Waals surface area contributed by atoms with Gasteiger partial charge >= 0.3 is 0 Å². The van der Waals surface area contributed by atoms with E-state index in [9.17, 15) is 9.59 Å². The summed E-state index contributed by atoms with van der Waals surface area (Å²) in [6, 6.07) is 18.1. The van der Waals surface area contributed by atoms with Crippen molar-refractivity contribution in [3.05, 3.63) is 71.3 Å². The number of nitrogens with zero attached hydrogens (tertiary/aromatic N) is 1. The SMILES string of the molecule is CCC(NC(=O)C1CC(=O)N(Cc2ccccc2)C1)c1ccc(C)cc1. The normalized spacial score (nSPS) is 18.0. The van der Waals surface area contributed by atoms with E-state index >= 15 is 0 Å². The largest absolute Gasteiger partial charge is 0.349 e. The summed E-state index contributed by atoms with van der Waals surface area (Å²) in [4.78, 5) is 26.8. The van der Waals surface area contributed by atoms with Crippen molar-refractivity contribution in [2.24, 2.45) is 5.92 Å².